The van der Waals surface area contributed by atoms with Gasteiger partial charge in [-0.1, -0.05) is 11.6 Å². The predicted octanol–water partition coefficient (Wildman–Crippen LogP) is 2.65. The minimum Gasteiger partial charge on any atom is -0.493 e. The second-order valence-corrected chi connectivity index (χ2v) is 6.70. The second-order valence-electron chi connectivity index (χ2n) is 4.57. The Labute approximate surface area is 153 Å². The van der Waals surface area contributed by atoms with Gasteiger partial charge in [0, 0.05) is 6.08 Å². The minimum atomic E-state index is -0.429. The third-order valence-electron chi connectivity index (χ3n) is 3.01. The van der Waals surface area contributed by atoms with Crippen molar-refractivity contribution in [3.63, 3.8) is 0 Å². The summed E-state index contributed by atoms with van der Waals surface area (Å²) < 4.78 is 16.8. The predicted molar refractivity (Wildman–Crippen MR) is 98.0 cm³/mol. The number of nitrogens with one attached hydrogen (secondary N) is 1. The minimum absolute atomic E-state index is 0.310. The van der Waals surface area contributed by atoms with Crippen LogP contribution >= 0.6 is 35.2 Å². The van der Waals surface area contributed by atoms with Crippen LogP contribution in [0.1, 0.15) is 12.5 Å². The largest absolute Gasteiger partial charge is 0.493 e. The summed E-state index contributed by atoms with van der Waals surface area (Å²) in [6.45, 7) is 2.06. The van der Waals surface area contributed by atoms with Crippen molar-refractivity contribution in [1.82, 2.24) is 4.98 Å². The number of esters is 1. The van der Waals surface area contributed by atoms with E-state index in [-0.39, 0.29) is 0 Å². The highest BCUT2D eigenvalue weighted by Gasteiger charge is 2.10. The Morgan fingerprint density at radius 1 is 1.38 bits per heavy atom. The van der Waals surface area contributed by atoms with Gasteiger partial charge in [0.05, 0.1) is 35.7 Å². The van der Waals surface area contributed by atoms with Gasteiger partial charge in [-0.3, -0.25) is 0 Å². The molecule has 0 saturated heterocycles. The average Bonchev–Trinajstić information content (AvgIpc) is 2.86. The molecule has 0 aliphatic heterocycles. The van der Waals surface area contributed by atoms with Crippen LogP contribution in [0.3, 0.4) is 0 Å². The molecule has 1 aromatic heterocycles. The third-order valence-corrected chi connectivity index (χ3v) is 4.49. The summed E-state index contributed by atoms with van der Waals surface area (Å²) in [4.78, 5) is 14.6. The lowest BCUT2D eigenvalue weighted by Crippen LogP contribution is -2.23. The van der Waals surface area contributed by atoms with E-state index in [1.165, 1.54) is 31.6 Å². The van der Waals surface area contributed by atoms with E-state index < -0.39 is 5.97 Å². The summed E-state index contributed by atoms with van der Waals surface area (Å²) in [5.74, 6) is 0.559. The van der Waals surface area contributed by atoms with Gasteiger partial charge in [-0.05, 0) is 42.9 Å². The van der Waals surface area contributed by atoms with Gasteiger partial charge in [0.2, 0.25) is 0 Å². The molecule has 1 heterocycles. The van der Waals surface area contributed by atoms with Crippen LogP contribution < -0.4 is 19.4 Å². The smallest absolute Gasteiger partial charge is 0.332 e. The molecule has 0 fully saturated rings. The molecule has 0 spiro atoms. The lowest BCUT2D eigenvalue weighted by atomic mass is 10.2. The van der Waals surface area contributed by atoms with Gasteiger partial charge in [-0.25, -0.2) is 4.79 Å². The number of halogens is 1. The highest BCUT2D eigenvalue weighted by molar-refractivity contribution is 7.73. The van der Waals surface area contributed by atoms with Crippen LogP contribution in [0, 0.1) is 3.95 Å². The fourth-order valence-corrected chi connectivity index (χ4v) is 3.49. The Bertz CT molecular complexity index is 917. The van der Waals surface area contributed by atoms with Crippen LogP contribution in [0.4, 0.5) is 0 Å². The first-order chi connectivity index (χ1) is 11.5. The van der Waals surface area contributed by atoms with Crippen molar-refractivity contribution in [2.45, 2.75) is 6.92 Å². The molecular formula is C16H16ClNO4S2. The number of rotatable bonds is 5. The van der Waals surface area contributed by atoms with Crippen LogP contribution in [0.5, 0.6) is 11.5 Å². The maximum Gasteiger partial charge on any atom is 0.332 e. The van der Waals surface area contributed by atoms with Gasteiger partial charge in [0.15, 0.2) is 15.5 Å². The lowest BCUT2D eigenvalue weighted by Gasteiger charge is -2.09. The zero-order valence-corrected chi connectivity index (χ0v) is 15.7. The monoisotopic (exact) mass is 385 g/mol. The summed E-state index contributed by atoms with van der Waals surface area (Å²) >= 11 is 12.7. The normalized spacial score (nSPS) is 12.3. The van der Waals surface area contributed by atoms with Crippen molar-refractivity contribution in [2.75, 3.05) is 20.8 Å². The standard InChI is InChI=1S/C16H16ClNO4S2/c1-4-22-14(19)8-11-13(24-16(23)18-11)7-9-5-10(17)15(21-3)12(6-9)20-2/h5-8H,4H2,1-3H3,(H,18,23)/b11-8-,13-7-. The van der Waals surface area contributed by atoms with Crippen LogP contribution in [0.25, 0.3) is 12.2 Å². The highest BCUT2D eigenvalue weighted by Crippen LogP contribution is 2.36. The molecule has 24 heavy (non-hydrogen) atoms. The maximum atomic E-state index is 11.7. The number of aromatic amines is 1. The zero-order valence-electron chi connectivity index (χ0n) is 13.3. The van der Waals surface area contributed by atoms with E-state index in [1.54, 1.807) is 19.1 Å². The number of hydrogen-bond acceptors (Lipinski definition) is 6. The molecule has 0 radical (unpaired) electrons. The molecule has 8 heteroatoms. The average molecular weight is 386 g/mol. The second kappa shape index (κ2) is 8.32. The number of ether oxygens (including phenoxy) is 3. The van der Waals surface area contributed by atoms with Crippen LogP contribution in [-0.2, 0) is 9.53 Å². The van der Waals surface area contributed by atoms with Crippen LogP contribution in [0.15, 0.2) is 12.1 Å². The Hall–Kier alpha value is -1.83. The number of hydrogen-bond donors (Lipinski definition) is 1. The molecule has 0 unspecified atom stereocenters. The first kappa shape index (κ1) is 18.5. The van der Waals surface area contributed by atoms with Crippen molar-refractivity contribution >= 4 is 53.3 Å². The number of methoxy groups -OCH3 is 2. The molecule has 0 bridgehead atoms. The van der Waals surface area contributed by atoms with Gasteiger partial charge in [0.1, 0.15) is 0 Å². The Balaban J connectivity index is 2.59. The summed E-state index contributed by atoms with van der Waals surface area (Å²) in [7, 11) is 3.06. The zero-order chi connectivity index (χ0) is 17.7. The van der Waals surface area contributed by atoms with Gasteiger partial charge in [-0.15, -0.1) is 11.3 Å². The first-order valence-corrected chi connectivity index (χ1v) is 8.59. The summed E-state index contributed by atoms with van der Waals surface area (Å²) in [6, 6.07) is 3.54. The van der Waals surface area contributed by atoms with E-state index in [0.29, 0.717) is 32.4 Å². The first-order valence-electron chi connectivity index (χ1n) is 6.99. The Morgan fingerprint density at radius 2 is 2.12 bits per heavy atom. The number of H-pyrrole nitrogens is 1. The molecule has 1 N–H and O–H groups in total. The Kier molecular flexibility index (Phi) is 6.42. The van der Waals surface area contributed by atoms with Crippen molar-refractivity contribution in [1.29, 1.82) is 0 Å². The van der Waals surface area contributed by atoms with Crippen molar-refractivity contribution in [3.05, 3.63) is 36.6 Å². The van der Waals surface area contributed by atoms with Crippen LogP contribution in [0.2, 0.25) is 5.02 Å². The number of benzene rings is 1. The van der Waals surface area contributed by atoms with E-state index in [1.807, 2.05) is 6.08 Å². The molecule has 0 aliphatic rings. The molecule has 2 rings (SSSR count). The van der Waals surface area contributed by atoms with Gasteiger partial charge in [-0.2, -0.15) is 0 Å². The van der Waals surface area contributed by atoms with Crippen molar-refractivity contribution < 1.29 is 19.0 Å². The topological polar surface area (TPSA) is 60.6 Å². The third kappa shape index (κ3) is 4.37. The molecule has 0 amide bonds. The highest BCUT2D eigenvalue weighted by atomic mass is 35.5. The fourth-order valence-electron chi connectivity index (χ4n) is 2.04. The van der Waals surface area contributed by atoms with E-state index in [9.17, 15) is 4.79 Å². The summed E-state index contributed by atoms with van der Waals surface area (Å²) in [5.41, 5.74) is 0.793. The van der Waals surface area contributed by atoms with E-state index in [2.05, 4.69) is 4.98 Å². The molecular weight excluding hydrogens is 370 g/mol. The summed E-state index contributed by atoms with van der Waals surface area (Å²) in [6.07, 6.45) is 3.24. The Morgan fingerprint density at radius 3 is 2.75 bits per heavy atom. The van der Waals surface area contributed by atoms with Gasteiger partial charge < -0.3 is 19.2 Å². The molecule has 1 aromatic carbocycles. The van der Waals surface area contributed by atoms with E-state index in [4.69, 9.17) is 38.0 Å². The number of thiazole rings is 1. The molecule has 0 saturated carbocycles. The number of aromatic nitrogens is 1. The maximum absolute atomic E-state index is 11.7. The fraction of sp³-hybridized carbons (Fsp3) is 0.250. The summed E-state index contributed by atoms with van der Waals surface area (Å²) in [5, 5.41) is 1.02. The molecule has 128 valence electrons. The van der Waals surface area contributed by atoms with Crippen LogP contribution in [-0.4, -0.2) is 31.8 Å². The molecule has 0 atom stereocenters. The van der Waals surface area contributed by atoms with Gasteiger partial charge >= 0.3 is 5.97 Å². The van der Waals surface area contributed by atoms with E-state index >= 15 is 0 Å². The number of carbonyl (C=O) groups excluding carboxylic acids is 1. The van der Waals surface area contributed by atoms with Gasteiger partial charge in [0.25, 0.3) is 0 Å². The molecule has 5 nitrogen and oxygen atoms in total. The molecule has 0 aliphatic carbocycles. The van der Waals surface area contributed by atoms with Crippen molar-refractivity contribution in [3.8, 4) is 11.5 Å². The van der Waals surface area contributed by atoms with Crippen molar-refractivity contribution in [2.24, 2.45) is 0 Å². The quantitative estimate of drug-likeness (QED) is 0.633. The SMILES string of the molecule is CCOC(=O)/C=c1\[nH]c(=S)s\c1=C/c1cc(Cl)c(OC)c(OC)c1. The number of carbonyl (C=O) groups is 1. The lowest BCUT2D eigenvalue weighted by molar-refractivity contribution is -0.135. The van der Waals surface area contributed by atoms with E-state index in [0.717, 1.165) is 10.1 Å². The molecule has 2 aromatic rings.